The molecule has 1 rings (SSSR count). The number of nitriles is 1. The second-order valence-corrected chi connectivity index (χ2v) is 3.87. The standard InChI is InChI=1S/C11H10ClNO4/c12-7-2-1-6(3-10(15)16)8(4-7)11(17)9(14)5-13/h1-2,4,9,11,14,17H,3H2,(H,15,16). The average Bonchev–Trinajstić information content (AvgIpc) is 2.29. The van der Waals surface area contributed by atoms with Crippen LogP contribution in [0.4, 0.5) is 0 Å². The second kappa shape index (κ2) is 5.64. The number of carboxylic acids is 1. The van der Waals surface area contributed by atoms with E-state index in [1.807, 2.05) is 0 Å². The molecule has 2 atom stereocenters. The van der Waals surface area contributed by atoms with E-state index in [9.17, 15) is 15.0 Å². The lowest BCUT2D eigenvalue weighted by molar-refractivity contribution is -0.136. The highest BCUT2D eigenvalue weighted by Crippen LogP contribution is 2.25. The fraction of sp³-hybridized carbons (Fsp3) is 0.273. The van der Waals surface area contributed by atoms with E-state index in [1.54, 1.807) is 0 Å². The molecule has 0 aliphatic rings. The third kappa shape index (κ3) is 3.43. The van der Waals surface area contributed by atoms with Crippen LogP contribution in [0.2, 0.25) is 5.02 Å². The molecule has 0 bridgehead atoms. The van der Waals surface area contributed by atoms with Crippen molar-refractivity contribution in [2.24, 2.45) is 0 Å². The summed E-state index contributed by atoms with van der Waals surface area (Å²) in [5, 5.41) is 36.4. The number of nitrogens with zero attached hydrogens (tertiary/aromatic N) is 1. The highest BCUT2D eigenvalue weighted by Gasteiger charge is 2.21. The van der Waals surface area contributed by atoms with E-state index in [1.165, 1.54) is 24.3 Å². The number of hydrogen-bond acceptors (Lipinski definition) is 4. The zero-order valence-corrected chi connectivity index (χ0v) is 9.42. The van der Waals surface area contributed by atoms with Gasteiger partial charge in [-0.15, -0.1) is 0 Å². The number of carboxylic acid groups (broad SMARTS) is 1. The van der Waals surface area contributed by atoms with Crippen LogP contribution in [0.1, 0.15) is 17.2 Å². The summed E-state index contributed by atoms with van der Waals surface area (Å²) in [7, 11) is 0. The smallest absolute Gasteiger partial charge is 0.307 e. The average molecular weight is 256 g/mol. The summed E-state index contributed by atoms with van der Waals surface area (Å²) < 4.78 is 0. The molecule has 1 aromatic carbocycles. The molecule has 0 heterocycles. The number of hydrogen-bond donors (Lipinski definition) is 3. The first-order chi connectivity index (χ1) is 7.95. The van der Waals surface area contributed by atoms with E-state index < -0.39 is 18.2 Å². The summed E-state index contributed by atoms with van der Waals surface area (Å²) in [6.45, 7) is 0. The van der Waals surface area contributed by atoms with Gasteiger partial charge in [-0.05, 0) is 23.3 Å². The van der Waals surface area contributed by atoms with Crippen molar-refractivity contribution in [3.8, 4) is 6.07 Å². The van der Waals surface area contributed by atoms with Gasteiger partial charge in [0, 0.05) is 5.02 Å². The Bertz CT molecular complexity index is 469. The molecule has 6 heteroatoms. The number of aliphatic carboxylic acids is 1. The molecule has 0 amide bonds. The zero-order chi connectivity index (χ0) is 13.0. The molecule has 0 aromatic heterocycles. The van der Waals surface area contributed by atoms with Gasteiger partial charge in [0.05, 0.1) is 12.5 Å². The van der Waals surface area contributed by atoms with Gasteiger partial charge in [0.2, 0.25) is 0 Å². The Balaban J connectivity index is 3.15. The van der Waals surface area contributed by atoms with E-state index >= 15 is 0 Å². The molecule has 0 saturated carbocycles. The van der Waals surface area contributed by atoms with Crippen molar-refractivity contribution in [2.45, 2.75) is 18.6 Å². The topological polar surface area (TPSA) is 102 Å². The van der Waals surface area contributed by atoms with Crippen molar-refractivity contribution in [1.29, 1.82) is 5.26 Å². The first-order valence-corrected chi connectivity index (χ1v) is 5.09. The van der Waals surface area contributed by atoms with Gasteiger partial charge < -0.3 is 15.3 Å². The molecule has 0 fully saturated rings. The summed E-state index contributed by atoms with van der Waals surface area (Å²) in [5.74, 6) is -1.08. The third-order valence-electron chi connectivity index (χ3n) is 2.20. The molecule has 0 aliphatic heterocycles. The molecule has 90 valence electrons. The largest absolute Gasteiger partial charge is 0.481 e. The highest BCUT2D eigenvalue weighted by atomic mass is 35.5. The number of rotatable bonds is 4. The van der Waals surface area contributed by atoms with Gasteiger partial charge in [0.25, 0.3) is 0 Å². The monoisotopic (exact) mass is 255 g/mol. The summed E-state index contributed by atoms with van der Waals surface area (Å²) in [6, 6.07) is 5.74. The van der Waals surface area contributed by atoms with E-state index in [4.69, 9.17) is 22.0 Å². The van der Waals surface area contributed by atoms with E-state index in [-0.39, 0.29) is 12.0 Å². The zero-order valence-electron chi connectivity index (χ0n) is 8.67. The molecule has 3 N–H and O–H groups in total. The minimum Gasteiger partial charge on any atom is -0.481 e. The predicted molar refractivity (Wildman–Crippen MR) is 59.4 cm³/mol. The van der Waals surface area contributed by atoms with Gasteiger partial charge in [0.1, 0.15) is 6.10 Å². The van der Waals surface area contributed by atoms with Gasteiger partial charge in [-0.25, -0.2) is 0 Å². The van der Waals surface area contributed by atoms with Crippen molar-refractivity contribution in [1.82, 2.24) is 0 Å². The molecule has 0 radical (unpaired) electrons. The molecule has 1 aromatic rings. The number of carbonyl (C=O) groups is 1. The molecule has 17 heavy (non-hydrogen) atoms. The molecule has 2 unspecified atom stereocenters. The Morgan fingerprint density at radius 2 is 2.12 bits per heavy atom. The minimum absolute atomic E-state index is 0.147. The fourth-order valence-corrected chi connectivity index (χ4v) is 1.59. The third-order valence-corrected chi connectivity index (χ3v) is 2.43. The van der Waals surface area contributed by atoms with Gasteiger partial charge >= 0.3 is 5.97 Å². The summed E-state index contributed by atoms with van der Waals surface area (Å²) >= 11 is 5.72. The Labute approximate surface area is 102 Å². The summed E-state index contributed by atoms with van der Waals surface area (Å²) in [5.41, 5.74) is 0.456. The maximum absolute atomic E-state index is 10.6. The first-order valence-electron chi connectivity index (χ1n) is 4.71. The van der Waals surface area contributed by atoms with E-state index in [0.29, 0.717) is 10.6 Å². The Hall–Kier alpha value is -1.61. The van der Waals surface area contributed by atoms with Crippen LogP contribution in [0.5, 0.6) is 0 Å². The van der Waals surface area contributed by atoms with Crippen molar-refractivity contribution < 1.29 is 20.1 Å². The molecule has 0 saturated heterocycles. The summed E-state index contributed by atoms with van der Waals surface area (Å²) in [4.78, 5) is 10.6. The van der Waals surface area contributed by atoms with Crippen molar-refractivity contribution >= 4 is 17.6 Å². The van der Waals surface area contributed by atoms with Crippen LogP contribution >= 0.6 is 11.6 Å². The maximum atomic E-state index is 10.6. The van der Waals surface area contributed by atoms with Crippen LogP contribution in [-0.4, -0.2) is 27.4 Å². The Morgan fingerprint density at radius 3 is 2.65 bits per heavy atom. The quantitative estimate of drug-likeness (QED) is 0.694. The van der Waals surface area contributed by atoms with Gasteiger partial charge in [-0.1, -0.05) is 17.7 Å². The van der Waals surface area contributed by atoms with E-state index in [0.717, 1.165) is 0 Å². The lowest BCUT2D eigenvalue weighted by atomic mass is 9.97. The lowest BCUT2D eigenvalue weighted by Gasteiger charge is -2.16. The first kappa shape index (κ1) is 13.5. The fourth-order valence-electron chi connectivity index (χ4n) is 1.41. The number of aliphatic hydroxyl groups is 2. The normalized spacial score (nSPS) is 13.8. The van der Waals surface area contributed by atoms with Crippen LogP contribution < -0.4 is 0 Å². The van der Waals surface area contributed by atoms with Gasteiger partial charge in [-0.2, -0.15) is 5.26 Å². The SMILES string of the molecule is N#CC(O)C(O)c1cc(Cl)ccc1CC(=O)O. The second-order valence-electron chi connectivity index (χ2n) is 3.43. The summed E-state index contributed by atoms with van der Waals surface area (Å²) in [6.07, 6.45) is -3.42. The van der Waals surface area contributed by atoms with E-state index in [2.05, 4.69) is 0 Å². The van der Waals surface area contributed by atoms with Gasteiger partial charge in [-0.3, -0.25) is 4.79 Å². The van der Waals surface area contributed by atoms with Crippen molar-refractivity contribution in [3.63, 3.8) is 0 Å². The highest BCUT2D eigenvalue weighted by molar-refractivity contribution is 6.30. The molecule has 0 aliphatic carbocycles. The lowest BCUT2D eigenvalue weighted by Crippen LogP contribution is -2.18. The Kier molecular flexibility index (Phi) is 4.46. The molecular weight excluding hydrogens is 246 g/mol. The maximum Gasteiger partial charge on any atom is 0.307 e. The number of aliphatic hydroxyl groups excluding tert-OH is 2. The van der Waals surface area contributed by atoms with Gasteiger partial charge in [0.15, 0.2) is 6.10 Å². The van der Waals surface area contributed by atoms with Crippen LogP contribution in [-0.2, 0) is 11.2 Å². The Morgan fingerprint density at radius 1 is 1.47 bits per heavy atom. The molecule has 0 spiro atoms. The van der Waals surface area contributed by atoms with Crippen LogP contribution in [0.15, 0.2) is 18.2 Å². The van der Waals surface area contributed by atoms with Crippen molar-refractivity contribution in [2.75, 3.05) is 0 Å². The van der Waals surface area contributed by atoms with Crippen LogP contribution in [0.3, 0.4) is 0 Å². The number of halogens is 1. The predicted octanol–water partition coefficient (Wildman–Crippen LogP) is 0.885. The number of benzene rings is 1. The van der Waals surface area contributed by atoms with Crippen LogP contribution in [0.25, 0.3) is 0 Å². The van der Waals surface area contributed by atoms with Crippen molar-refractivity contribution in [3.05, 3.63) is 34.3 Å². The van der Waals surface area contributed by atoms with Crippen LogP contribution in [0, 0.1) is 11.3 Å². The molecule has 5 nitrogen and oxygen atoms in total. The minimum atomic E-state index is -1.62. The molecular formula is C11H10ClNO4.